The van der Waals surface area contributed by atoms with Gasteiger partial charge in [0.1, 0.15) is 0 Å². The van der Waals surface area contributed by atoms with Crippen LogP contribution in [0.4, 0.5) is 4.39 Å². The van der Waals surface area contributed by atoms with E-state index in [4.69, 9.17) is 10.5 Å². The Balaban J connectivity index is 0.00000361. The molecule has 1 aromatic rings. The molecule has 0 fully saturated rings. The first-order valence-electron chi connectivity index (χ1n) is 5.93. The largest absolute Gasteiger partial charge is 0.494 e. The van der Waals surface area contributed by atoms with Crippen molar-refractivity contribution in [2.75, 3.05) is 19.1 Å². The Morgan fingerprint density at radius 3 is 2.80 bits per heavy atom. The Morgan fingerprint density at radius 2 is 2.25 bits per heavy atom. The van der Waals surface area contributed by atoms with Crippen LogP contribution >= 0.6 is 24.2 Å². The van der Waals surface area contributed by atoms with Crippen molar-refractivity contribution in [3.8, 4) is 5.75 Å². The van der Waals surface area contributed by atoms with E-state index in [1.807, 2.05) is 6.26 Å². The molecule has 3 N–H and O–H groups in total. The SMILES string of the molecule is COc1ccc(CNC(=O)[C@@H](N)CCSC)cc1F.Cl. The predicted molar refractivity (Wildman–Crippen MR) is 83.0 cm³/mol. The summed E-state index contributed by atoms with van der Waals surface area (Å²) in [6.45, 7) is 0.257. The second-order valence-corrected chi connectivity index (χ2v) is 5.06. The monoisotopic (exact) mass is 322 g/mol. The van der Waals surface area contributed by atoms with E-state index in [0.29, 0.717) is 12.0 Å². The highest BCUT2D eigenvalue weighted by Crippen LogP contribution is 2.17. The lowest BCUT2D eigenvalue weighted by Crippen LogP contribution is -2.40. The van der Waals surface area contributed by atoms with Crippen molar-refractivity contribution in [1.29, 1.82) is 0 Å². The summed E-state index contributed by atoms with van der Waals surface area (Å²) >= 11 is 1.64. The molecule has 1 atom stereocenters. The predicted octanol–water partition coefficient (Wildman–Crippen LogP) is 1.95. The summed E-state index contributed by atoms with van der Waals surface area (Å²) in [7, 11) is 1.41. The lowest BCUT2D eigenvalue weighted by atomic mass is 10.2. The van der Waals surface area contributed by atoms with Crippen molar-refractivity contribution in [1.82, 2.24) is 5.32 Å². The van der Waals surface area contributed by atoms with Crippen LogP contribution in [0.1, 0.15) is 12.0 Å². The third-order valence-corrected chi connectivity index (χ3v) is 3.30. The van der Waals surface area contributed by atoms with Crippen LogP contribution in [-0.2, 0) is 11.3 Å². The maximum atomic E-state index is 13.4. The smallest absolute Gasteiger partial charge is 0.237 e. The van der Waals surface area contributed by atoms with Crippen molar-refractivity contribution in [2.24, 2.45) is 5.73 Å². The summed E-state index contributed by atoms with van der Waals surface area (Å²) < 4.78 is 18.3. The van der Waals surface area contributed by atoms with Crippen molar-refractivity contribution in [3.05, 3.63) is 29.6 Å². The molecule has 0 radical (unpaired) electrons. The number of nitrogens with one attached hydrogen (secondary N) is 1. The Bertz CT molecular complexity index is 435. The number of carbonyl (C=O) groups excluding carboxylic acids is 1. The molecule has 0 aliphatic carbocycles. The van der Waals surface area contributed by atoms with Gasteiger partial charge in [0.25, 0.3) is 0 Å². The van der Waals surface area contributed by atoms with Gasteiger partial charge in [-0.25, -0.2) is 4.39 Å². The van der Waals surface area contributed by atoms with Crippen LogP contribution < -0.4 is 15.8 Å². The number of halogens is 2. The molecule has 0 bridgehead atoms. The Kier molecular flexibility index (Phi) is 9.37. The molecule has 0 saturated heterocycles. The average Bonchev–Trinajstić information content (AvgIpc) is 2.42. The van der Waals surface area contributed by atoms with Gasteiger partial charge in [-0.3, -0.25) is 4.79 Å². The summed E-state index contributed by atoms with van der Waals surface area (Å²) in [6, 6.07) is 4.06. The Labute approximate surface area is 129 Å². The fourth-order valence-electron chi connectivity index (χ4n) is 1.52. The Hall–Kier alpha value is -0.980. The van der Waals surface area contributed by atoms with Gasteiger partial charge in [0, 0.05) is 6.54 Å². The number of amides is 1. The fraction of sp³-hybridized carbons (Fsp3) is 0.462. The van der Waals surface area contributed by atoms with E-state index in [0.717, 1.165) is 5.75 Å². The highest BCUT2D eigenvalue weighted by atomic mass is 35.5. The number of ether oxygens (including phenoxy) is 1. The van der Waals surface area contributed by atoms with E-state index in [1.165, 1.54) is 19.2 Å². The van der Waals surface area contributed by atoms with Gasteiger partial charge in [0.15, 0.2) is 11.6 Å². The van der Waals surface area contributed by atoms with E-state index >= 15 is 0 Å². The minimum absolute atomic E-state index is 0. The number of thioether (sulfide) groups is 1. The van der Waals surface area contributed by atoms with E-state index in [9.17, 15) is 9.18 Å². The van der Waals surface area contributed by atoms with Gasteiger partial charge in [-0.1, -0.05) is 6.07 Å². The Morgan fingerprint density at radius 1 is 1.55 bits per heavy atom. The zero-order valence-corrected chi connectivity index (χ0v) is 13.2. The van der Waals surface area contributed by atoms with Crippen LogP contribution in [0.15, 0.2) is 18.2 Å². The second-order valence-electron chi connectivity index (χ2n) is 4.07. The molecular formula is C13H20ClFN2O2S. The van der Waals surface area contributed by atoms with Gasteiger partial charge in [0.2, 0.25) is 5.91 Å². The second kappa shape index (κ2) is 9.85. The minimum Gasteiger partial charge on any atom is -0.494 e. The number of hydrogen-bond donors (Lipinski definition) is 2. The molecule has 4 nitrogen and oxygen atoms in total. The molecule has 0 aromatic heterocycles. The quantitative estimate of drug-likeness (QED) is 0.805. The van der Waals surface area contributed by atoms with E-state index < -0.39 is 11.9 Å². The molecule has 1 amide bonds. The molecule has 7 heteroatoms. The first-order valence-corrected chi connectivity index (χ1v) is 7.32. The van der Waals surface area contributed by atoms with Gasteiger partial charge in [0.05, 0.1) is 13.2 Å². The molecular weight excluding hydrogens is 303 g/mol. The van der Waals surface area contributed by atoms with Gasteiger partial charge < -0.3 is 15.8 Å². The zero-order valence-electron chi connectivity index (χ0n) is 11.5. The van der Waals surface area contributed by atoms with Gasteiger partial charge >= 0.3 is 0 Å². The summed E-state index contributed by atoms with van der Waals surface area (Å²) in [5.41, 5.74) is 6.39. The van der Waals surface area contributed by atoms with Crippen molar-refractivity contribution in [2.45, 2.75) is 19.0 Å². The third-order valence-electron chi connectivity index (χ3n) is 2.65. The van der Waals surface area contributed by atoms with Crippen molar-refractivity contribution >= 4 is 30.1 Å². The third kappa shape index (κ3) is 5.98. The summed E-state index contributed by atoms with van der Waals surface area (Å²) in [6.07, 6.45) is 2.59. The number of hydrogen-bond acceptors (Lipinski definition) is 4. The molecule has 114 valence electrons. The maximum Gasteiger partial charge on any atom is 0.237 e. The van der Waals surface area contributed by atoms with E-state index in [2.05, 4.69) is 5.32 Å². The highest BCUT2D eigenvalue weighted by molar-refractivity contribution is 7.98. The topological polar surface area (TPSA) is 64.3 Å². The summed E-state index contributed by atoms with van der Waals surface area (Å²) in [4.78, 5) is 11.7. The van der Waals surface area contributed by atoms with Gasteiger partial charge in [-0.05, 0) is 36.1 Å². The van der Waals surface area contributed by atoms with Crippen LogP contribution in [0.25, 0.3) is 0 Å². The van der Waals surface area contributed by atoms with Crippen LogP contribution in [0, 0.1) is 5.82 Å². The van der Waals surface area contributed by atoms with Crippen molar-refractivity contribution < 1.29 is 13.9 Å². The van der Waals surface area contributed by atoms with Crippen LogP contribution in [0.2, 0.25) is 0 Å². The van der Waals surface area contributed by atoms with Gasteiger partial charge in [-0.2, -0.15) is 11.8 Å². The molecule has 1 aromatic carbocycles. The van der Waals surface area contributed by atoms with Crippen LogP contribution in [-0.4, -0.2) is 31.1 Å². The zero-order chi connectivity index (χ0) is 14.3. The first-order chi connectivity index (χ1) is 9.08. The average molecular weight is 323 g/mol. The lowest BCUT2D eigenvalue weighted by molar-refractivity contribution is -0.122. The maximum absolute atomic E-state index is 13.4. The number of carbonyl (C=O) groups is 1. The summed E-state index contributed by atoms with van der Waals surface area (Å²) in [5, 5.41) is 2.69. The number of methoxy groups -OCH3 is 1. The fourth-order valence-corrected chi connectivity index (χ4v) is 2.01. The molecule has 0 spiro atoms. The molecule has 0 heterocycles. The van der Waals surface area contributed by atoms with Crippen LogP contribution in [0.3, 0.4) is 0 Å². The minimum atomic E-state index is -0.518. The van der Waals surface area contributed by atoms with E-state index in [1.54, 1.807) is 17.8 Å². The number of nitrogens with two attached hydrogens (primary N) is 1. The standard InChI is InChI=1S/C13H19FN2O2S.ClH/c1-18-12-4-3-9(7-10(12)14)8-16-13(17)11(15)5-6-19-2;/h3-4,7,11H,5-6,8,15H2,1-2H3,(H,16,17);1H/t11-;/m0./s1. The van der Waals surface area contributed by atoms with E-state index in [-0.39, 0.29) is 30.6 Å². The van der Waals surface area contributed by atoms with Crippen LogP contribution in [0.5, 0.6) is 5.75 Å². The number of benzene rings is 1. The number of rotatable bonds is 7. The highest BCUT2D eigenvalue weighted by Gasteiger charge is 2.12. The summed E-state index contributed by atoms with van der Waals surface area (Å²) in [5.74, 6) is 0.365. The molecule has 20 heavy (non-hydrogen) atoms. The van der Waals surface area contributed by atoms with Crippen molar-refractivity contribution in [3.63, 3.8) is 0 Å². The van der Waals surface area contributed by atoms with Gasteiger partial charge in [-0.15, -0.1) is 12.4 Å². The first kappa shape index (κ1) is 19.0. The molecule has 0 saturated carbocycles. The molecule has 0 aliphatic rings. The lowest BCUT2D eigenvalue weighted by Gasteiger charge is -2.12. The normalized spacial score (nSPS) is 11.4. The molecule has 0 aliphatic heterocycles. The molecule has 0 unspecified atom stereocenters. The molecule has 1 rings (SSSR count).